The lowest BCUT2D eigenvalue weighted by molar-refractivity contribution is -0.136. The molecule has 0 saturated carbocycles. The molecule has 1 heterocycles. The molecule has 1 aromatic heterocycles. The molecule has 7 heteroatoms. The van der Waals surface area contributed by atoms with Crippen molar-refractivity contribution in [2.24, 2.45) is 0 Å². The van der Waals surface area contributed by atoms with Gasteiger partial charge in [-0.05, 0) is 13.0 Å². The molecule has 0 radical (unpaired) electrons. The third kappa shape index (κ3) is 4.14. The molecule has 1 rings (SSSR count). The van der Waals surface area contributed by atoms with Gasteiger partial charge in [-0.3, -0.25) is 0 Å². The maximum atomic E-state index is 12.1. The van der Waals surface area contributed by atoms with Gasteiger partial charge in [0.1, 0.15) is 5.82 Å². The van der Waals surface area contributed by atoms with Gasteiger partial charge in [-0.1, -0.05) is 11.6 Å². The van der Waals surface area contributed by atoms with Crippen molar-refractivity contribution in [1.82, 2.24) is 4.98 Å². The van der Waals surface area contributed by atoms with Gasteiger partial charge < -0.3 is 11.1 Å². The van der Waals surface area contributed by atoms with Gasteiger partial charge in [0, 0.05) is 12.2 Å². The van der Waals surface area contributed by atoms with E-state index in [9.17, 15) is 13.2 Å². The summed E-state index contributed by atoms with van der Waals surface area (Å²) in [6, 6.07) is 0.632. The van der Waals surface area contributed by atoms with Crippen molar-refractivity contribution >= 4 is 23.1 Å². The predicted octanol–water partition coefficient (Wildman–Crippen LogP) is 3.07. The van der Waals surface area contributed by atoms with Crippen molar-refractivity contribution in [3.05, 3.63) is 17.3 Å². The van der Waals surface area contributed by atoms with Crippen molar-refractivity contribution in [1.29, 1.82) is 0 Å². The number of nitrogens with zero attached hydrogens (tertiary/aromatic N) is 1. The van der Waals surface area contributed by atoms with Crippen molar-refractivity contribution in [3.8, 4) is 0 Å². The monoisotopic (exact) mass is 253 g/mol. The number of alkyl halides is 3. The first-order valence-electron chi connectivity index (χ1n) is 4.52. The number of nitrogens with two attached hydrogens (primary N) is 1. The highest BCUT2D eigenvalue weighted by molar-refractivity contribution is 6.30. The Kier molecular flexibility index (Phi) is 3.85. The number of hydrogen-bond donors (Lipinski definition) is 2. The highest BCUT2D eigenvalue weighted by Crippen LogP contribution is 2.25. The zero-order chi connectivity index (χ0) is 12.3. The Hall–Kier alpha value is -1.17. The fraction of sp³-hybridized carbons (Fsp3) is 0.444. The summed E-state index contributed by atoms with van der Waals surface area (Å²) in [4.78, 5) is 3.81. The molecule has 0 aromatic carbocycles. The van der Waals surface area contributed by atoms with E-state index in [1.54, 1.807) is 0 Å². The zero-order valence-corrected chi connectivity index (χ0v) is 9.23. The van der Waals surface area contributed by atoms with Crippen LogP contribution >= 0.6 is 11.6 Å². The molecule has 1 aromatic rings. The fourth-order valence-electron chi connectivity index (χ4n) is 1.21. The van der Waals surface area contributed by atoms with Crippen molar-refractivity contribution in [2.45, 2.75) is 25.6 Å². The minimum Gasteiger partial charge on any atom is -0.396 e. The molecule has 1 unspecified atom stereocenters. The van der Waals surface area contributed by atoms with Crippen LogP contribution in [-0.2, 0) is 0 Å². The first-order chi connectivity index (χ1) is 7.28. The van der Waals surface area contributed by atoms with E-state index in [1.807, 2.05) is 0 Å². The summed E-state index contributed by atoms with van der Waals surface area (Å²) in [6.45, 7) is 1.41. The van der Waals surface area contributed by atoms with E-state index in [4.69, 9.17) is 17.3 Å². The predicted molar refractivity (Wildman–Crippen MR) is 57.4 cm³/mol. The molecule has 1 atom stereocenters. The Morgan fingerprint density at radius 1 is 1.56 bits per heavy atom. The summed E-state index contributed by atoms with van der Waals surface area (Å²) in [6.07, 6.45) is -3.84. The molecule has 0 aliphatic rings. The summed E-state index contributed by atoms with van der Waals surface area (Å²) >= 11 is 5.61. The molecule has 0 amide bonds. The van der Waals surface area contributed by atoms with Gasteiger partial charge in [-0.15, -0.1) is 0 Å². The van der Waals surface area contributed by atoms with E-state index < -0.39 is 18.6 Å². The third-order valence-corrected chi connectivity index (χ3v) is 2.01. The van der Waals surface area contributed by atoms with Crippen molar-refractivity contribution in [3.63, 3.8) is 0 Å². The van der Waals surface area contributed by atoms with Crippen LogP contribution in [0.15, 0.2) is 12.3 Å². The Labute approximate surface area is 95.8 Å². The number of rotatable bonds is 3. The minimum absolute atomic E-state index is 0.209. The standard InChI is InChI=1S/C9H11ClF3N3/c1-5(3-9(11,12)13)16-8-7(14)2-6(10)4-15-8/h2,4-5H,3,14H2,1H3,(H,15,16). The first-order valence-corrected chi connectivity index (χ1v) is 4.90. The highest BCUT2D eigenvalue weighted by Gasteiger charge is 2.30. The maximum Gasteiger partial charge on any atom is 0.391 e. The van der Waals surface area contributed by atoms with E-state index >= 15 is 0 Å². The van der Waals surface area contributed by atoms with Crippen LogP contribution in [0.25, 0.3) is 0 Å². The first kappa shape index (κ1) is 12.9. The quantitative estimate of drug-likeness (QED) is 0.870. The Morgan fingerprint density at radius 3 is 2.69 bits per heavy atom. The Bertz CT molecular complexity index is 368. The normalized spacial score (nSPS) is 13.6. The molecule has 90 valence electrons. The SMILES string of the molecule is CC(CC(F)(F)F)Nc1ncc(Cl)cc1N. The van der Waals surface area contributed by atoms with Crippen LogP contribution in [0.5, 0.6) is 0 Å². The van der Waals surface area contributed by atoms with Gasteiger partial charge >= 0.3 is 6.18 Å². The highest BCUT2D eigenvalue weighted by atomic mass is 35.5. The topological polar surface area (TPSA) is 50.9 Å². The summed E-state index contributed by atoms with van der Waals surface area (Å²) < 4.78 is 36.2. The molecular weight excluding hydrogens is 243 g/mol. The van der Waals surface area contributed by atoms with Gasteiger partial charge in [0.15, 0.2) is 0 Å². The average Bonchev–Trinajstić information content (AvgIpc) is 2.06. The van der Waals surface area contributed by atoms with Crippen LogP contribution < -0.4 is 11.1 Å². The number of halogens is 4. The largest absolute Gasteiger partial charge is 0.396 e. The number of hydrogen-bond acceptors (Lipinski definition) is 3. The fourth-order valence-corrected chi connectivity index (χ4v) is 1.37. The van der Waals surface area contributed by atoms with Crippen LogP contribution in [0.4, 0.5) is 24.7 Å². The van der Waals surface area contributed by atoms with Gasteiger partial charge in [-0.25, -0.2) is 4.98 Å². The molecule has 0 aliphatic heterocycles. The molecule has 0 aliphatic carbocycles. The van der Waals surface area contributed by atoms with E-state index in [-0.39, 0.29) is 11.5 Å². The van der Waals surface area contributed by atoms with Gasteiger partial charge in [0.2, 0.25) is 0 Å². The molecule has 3 N–H and O–H groups in total. The number of pyridine rings is 1. The summed E-state index contributed by atoms with van der Waals surface area (Å²) in [5, 5.41) is 2.92. The number of nitrogen functional groups attached to an aromatic ring is 1. The molecule has 3 nitrogen and oxygen atoms in total. The Balaban J connectivity index is 2.66. The number of aromatic nitrogens is 1. The van der Waals surface area contributed by atoms with Crippen LogP contribution in [-0.4, -0.2) is 17.2 Å². The minimum atomic E-state index is -4.21. The van der Waals surface area contributed by atoms with Crippen LogP contribution in [0, 0.1) is 0 Å². The van der Waals surface area contributed by atoms with Crippen LogP contribution in [0.3, 0.4) is 0 Å². The van der Waals surface area contributed by atoms with E-state index in [1.165, 1.54) is 19.2 Å². The van der Waals surface area contributed by atoms with E-state index in [0.29, 0.717) is 5.02 Å². The van der Waals surface area contributed by atoms with Gasteiger partial charge in [0.25, 0.3) is 0 Å². The maximum absolute atomic E-state index is 12.1. The van der Waals surface area contributed by atoms with Gasteiger partial charge in [-0.2, -0.15) is 13.2 Å². The van der Waals surface area contributed by atoms with Crippen LogP contribution in [0.2, 0.25) is 5.02 Å². The number of anilines is 2. The van der Waals surface area contributed by atoms with E-state index in [0.717, 1.165) is 0 Å². The zero-order valence-electron chi connectivity index (χ0n) is 8.48. The molecule has 0 fully saturated rings. The second-order valence-electron chi connectivity index (χ2n) is 3.46. The third-order valence-electron chi connectivity index (χ3n) is 1.80. The molecular formula is C9H11ClF3N3. The second kappa shape index (κ2) is 4.78. The molecule has 0 saturated heterocycles. The lowest BCUT2D eigenvalue weighted by Crippen LogP contribution is -2.24. The second-order valence-corrected chi connectivity index (χ2v) is 3.89. The molecule has 0 bridgehead atoms. The van der Waals surface area contributed by atoms with Crippen LogP contribution in [0.1, 0.15) is 13.3 Å². The van der Waals surface area contributed by atoms with Crippen molar-refractivity contribution < 1.29 is 13.2 Å². The van der Waals surface area contributed by atoms with Gasteiger partial charge in [0.05, 0.1) is 17.1 Å². The average molecular weight is 254 g/mol. The molecule has 16 heavy (non-hydrogen) atoms. The summed E-state index contributed by atoms with van der Waals surface area (Å²) in [5.41, 5.74) is 5.77. The van der Waals surface area contributed by atoms with E-state index in [2.05, 4.69) is 10.3 Å². The molecule has 0 spiro atoms. The lowest BCUT2D eigenvalue weighted by Gasteiger charge is -2.17. The Morgan fingerprint density at radius 2 is 2.19 bits per heavy atom. The van der Waals surface area contributed by atoms with Crippen molar-refractivity contribution in [2.75, 3.05) is 11.1 Å². The smallest absolute Gasteiger partial charge is 0.391 e. The summed E-state index contributed by atoms with van der Waals surface area (Å²) in [5.74, 6) is 0.209. The lowest BCUT2D eigenvalue weighted by atomic mass is 10.2. The number of nitrogens with one attached hydrogen (secondary N) is 1. The summed E-state index contributed by atoms with van der Waals surface area (Å²) in [7, 11) is 0.